The summed E-state index contributed by atoms with van der Waals surface area (Å²) in [6.45, 7) is 2.66. The summed E-state index contributed by atoms with van der Waals surface area (Å²) in [5.74, 6) is 0. The quantitative estimate of drug-likeness (QED) is 0.670. The molecule has 0 aromatic carbocycles. The van der Waals surface area contributed by atoms with Crippen LogP contribution in [-0.4, -0.2) is 30.6 Å². The summed E-state index contributed by atoms with van der Waals surface area (Å²) in [6.07, 6.45) is 4.89. The second kappa shape index (κ2) is 4.33. The molecule has 0 aromatic rings. The van der Waals surface area contributed by atoms with Crippen LogP contribution in [0.1, 0.15) is 32.6 Å². The lowest BCUT2D eigenvalue weighted by molar-refractivity contribution is 0.191. The Balaban J connectivity index is 2.34. The highest BCUT2D eigenvalue weighted by atomic mass is 16.2. The van der Waals surface area contributed by atoms with Crippen LogP contribution < -0.4 is 5.32 Å². The fourth-order valence-corrected chi connectivity index (χ4v) is 1.73. The van der Waals surface area contributed by atoms with E-state index >= 15 is 0 Å². The van der Waals surface area contributed by atoms with Crippen LogP contribution in [0.2, 0.25) is 0 Å². The summed E-state index contributed by atoms with van der Waals surface area (Å²) in [7, 11) is 1.89. The van der Waals surface area contributed by atoms with Crippen LogP contribution in [0.3, 0.4) is 0 Å². The molecule has 70 valence electrons. The third-order valence-electron chi connectivity index (χ3n) is 2.52. The van der Waals surface area contributed by atoms with Gasteiger partial charge in [-0.3, -0.25) is 0 Å². The molecule has 0 unspecified atom stereocenters. The van der Waals surface area contributed by atoms with Gasteiger partial charge in [0.15, 0.2) is 0 Å². The first kappa shape index (κ1) is 9.36. The lowest BCUT2D eigenvalue weighted by Crippen LogP contribution is -2.42. The van der Waals surface area contributed by atoms with Crippen molar-refractivity contribution in [1.29, 1.82) is 0 Å². The number of hydrogen-bond donors (Lipinski definition) is 1. The minimum atomic E-state index is 0.0735. The van der Waals surface area contributed by atoms with Crippen LogP contribution in [0, 0.1) is 0 Å². The van der Waals surface area contributed by atoms with Gasteiger partial charge >= 0.3 is 6.03 Å². The van der Waals surface area contributed by atoms with E-state index in [1.165, 1.54) is 25.7 Å². The smallest absolute Gasteiger partial charge is 0.317 e. The van der Waals surface area contributed by atoms with Crippen molar-refractivity contribution < 1.29 is 4.79 Å². The molecule has 1 saturated carbocycles. The molecule has 1 N–H and O–H groups in total. The molecule has 3 heteroatoms. The molecule has 0 radical (unpaired) electrons. The SMILES string of the molecule is CCNC(=O)N(C)C1CCCC1. The molecule has 12 heavy (non-hydrogen) atoms. The molecular weight excluding hydrogens is 152 g/mol. The first-order valence-electron chi connectivity index (χ1n) is 4.76. The monoisotopic (exact) mass is 170 g/mol. The molecule has 1 fully saturated rings. The van der Waals surface area contributed by atoms with Gasteiger partial charge in [0.2, 0.25) is 0 Å². The number of nitrogens with zero attached hydrogens (tertiary/aromatic N) is 1. The third kappa shape index (κ3) is 2.13. The number of rotatable bonds is 2. The number of hydrogen-bond acceptors (Lipinski definition) is 1. The minimum Gasteiger partial charge on any atom is -0.338 e. The number of nitrogens with one attached hydrogen (secondary N) is 1. The second-order valence-corrected chi connectivity index (χ2v) is 3.38. The molecule has 3 nitrogen and oxygen atoms in total. The van der Waals surface area contributed by atoms with Crippen LogP contribution in [-0.2, 0) is 0 Å². The highest BCUT2D eigenvalue weighted by Crippen LogP contribution is 2.22. The van der Waals surface area contributed by atoms with Crippen molar-refractivity contribution in [2.75, 3.05) is 13.6 Å². The zero-order valence-electron chi connectivity index (χ0n) is 7.97. The fraction of sp³-hybridized carbons (Fsp3) is 0.889. The van der Waals surface area contributed by atoms with Gasteiger partial charge in [0.05, 0.1) is 0 Å². The molecule has 0 spiro atoms. The maximum Gasteiger partial charge on any atom is 0.317 e. The lowest BCUT2D eigenvalue weighted by Gasteiger charge is -2.24. The summed E-state index contributed by atoms with van der Waals surface area (Å²) in [4.78, 5) is 13.2. The van der Waals surface area contributed by atoms with Crippen LogP contribution in [0.5, 0.6) is 0 Å². The maximum atomic E-state index is 11.3. The largest absolute Gasteiger partial charge is 0.338 e. The maximum absolute atomic E-state index is 11.3. The summed E-state index contributed by atoms with van der Waals surface area (Å²) >= 11 is 0. The zero-order chi connectivity index (χ0) is 8.97. The lowest BCUT2D eigenvalue weighted by atomic mass is 10.2. The molecule has 0 atom stereocenters. The van der Waals surface area contributed by atoms with Crippen LogP contribution >= 0.6 is 0 Å². The van der Waals surface area contributed by atoms with Crippen LogP contribution in [0.25, 0.3) is 0 Å². The van der Waals surface area contributed by atoms with Crippen molar-refractivity contribution in [2.24, 2.45) is 0 Å². The van der Waals surface area contributed by atoms with Crippen LogP contribution in [0.15, 0.2) is 0 Å². The Kier molecular flexibility index (Phi) is 3.38. The molecule has 2 amide bonds. The van der Waals surface area contributed by atoms with Gasteiger partial charge in [-0.2, -0.15) is 0 Å². The van der Waals surface area contributed by atoms with Gasteiger partial charge in [-0.1, -0.05) is 12.8 Å². The Labute approximate surface area is 74.1 Å². The van der Waals surface area contributed by atoms with E-state index in [0.717, 1.165) is 6.54 Å². The van der Waals surface area contributed by atoms with E-state index in [-0.39, 0.29) is 6.03 Å². The van der Waals surface area contributed by atoms with Gasteiger partial charge in [-0.05, 0) is 19.8 Å². The summed E-state index contributed by atoms with van der Waals surface area (Å²) in [5, 5.41) is 2.81. The topological polar surface area (TPSA) is 32.3 Å². The Morgan fingerprint density at radius 1 is 1.50 bits per heavy atom. The fourth-order valence-electron chi connectivity index (χ4n) is 1.73. The summed E-state index contributed by atoms with van der Waals surface area (Å²) < 4.78 is 0. The van der Waals surface area contributed by atoms with E-state index in [9.17, 15) is 4.79 Å². The van der Waals surface area contributed by atoms with E-state index in [1.54, 1.807) is 0 Å². The highest BCUT2D eigenvalue weighted by Gasteiger charge is 2.22. The van der Waals surface area contributed by atoms with E-state index in [1.807, 2.05) is 18.9 Å². The zero-order valence-corrected chi connectivity index (χ0v) is 7.97. The number of carbonyl (C=O) groups excluding carboxylic acids is 1. The molecule has 0 aliphatic heterocycles. The van der Waals surface area contributed by atoms with Gasteiger partial charge < -0.3 is 10.2 Å². The molecular formula is C9H18N2O. The Morgan fingerprint density at radius 3 is 2.58 bits per heavy atom. The van der Waals surface area contributed by atoms with Crippen molar-refractivity contribution in [1.82, 2.24) is 10.2 Å². The number of amides is 2. The Bertz CT molecular complexity index is 153. The van der Waals surface area contributed by atoms with Crippen molar-refractivity contribution in [3.8, 4) is 0 Å². The minimum absolute atomic E-state index is 0.0735. The predicted molar refractivity (Wildman–Crippen MR) is 49.1 cm³/mol. The Morgan fingerprint density at radius 2 is 2.08 bits per heavy atom. The third-order valence-corrected chi connectivity index (χ3v) is 2.52. The van der Waals surface area contributed by atoms with Gasteiger partial charge in [-0.25, -0.2) is 4.79 Å². The summed E-state index contributed by atoms with van der Waals surface area (Å²) in [6, 6.07) is 0.556. The average Bonchev–Trinajstić information content (AvgIpc) is 2.55. The molecule has 0 saturated heterocycles. The molecule has 1 aliphatic carbocycles. The van der Waals surface area contributed by atoms with E-state index in [4.69, 9.17) is 0 Å². The van der Waals surface area contributed by atoms with Crippen molar-refractivity contribution in [3.63, 3.8) is 0 Å². The van der Waals surface area contributed by atoms with Crippen molar-refractivity contribution in [3.05, 3.63) is 0 Å². The van der Waals surface area contributed by atoms with Gasteiger partial charge in [0, 0.05) is 19.6 Å². The molecule has 0 aromatic heterocycles. The van der Waals surface area contributed by atoms with Crippen molar-refractivity contribution in [2.45, 2.75) is 38.6 Å². The number of urea groups is 1. The first-order chi connectivity index (χ1) is 5.75. The Hall–Kier alpha value is -0.730. The normalized spacial score (nSPS) is 17.8. The van der Waals surface area contributed by atoms with E-state index in [0.29, 0.717) is 6.04 Å². The number of carbonyl (C=O) groups is 1. The van der Waals surface area contributed by atoms with E-state index in [2.05, 4.69) is 5.32 Å². The predicted octanol–water partition coefficient (Wildman–Crippen LogP) is 1.59. The van der Waals surface area contributed by atoms with Crippen LogP contribution in [0.4, 0.5) is 4.79 Å². The van der Waals surface area contributed by atoms with Gasteiger partial charge in [0.25, 0.3) is 0 Å². The first-order valence-corrected chi connectivity index (χ1v) is 4.76. The standard InChI is InChI=1S/C9H18N2O/c1-3-10-9(12)11(2)8-6-4-5-7-8/h8H,3-7H2,1-2H3,(H,10,12). The molecule has 1 rings (SSSR count). The van der Waals surface area contributed by atoms with Crippen molar-refractivity contribution >= 4 is 6.03 Å². The van der Waals surface area contributed by atoms with Gasteiger partial charge in [-0.15, -0.1) is 0 Å². The second-order valence-electron chi connectivity index (χ2n) is 3.38. The van der Waals surface area contributed by atoms with Gasteiger partial charge in [0.1, 0.15) is 0 Å². The molecule has 0 bridgehead atoms. The average molecular weight is 170 g/mol. The summed E-state index contributed by atoms with van der Waals surface area (Å²) in [5.41, 5.74) is 0. The van der Waals surface area contributed by atoms with E-state index < -0.39 is 0 Å². The molecule has 0 heterocycles. The molecule has 1 aliphatic rings. The highest BCUT2D eigenvalue weighted by molar-refractivity contribution is 5.74.